The normalized spacial score (nSPS) is 30.4. The lowest BCUT2D eigenvalue weighted by molar-refractivity contribution is -0.272. The van der Waals surface area contributed by atoms with Crippen molar-refractivity contribution in [1.29, 1.82) is 0 Å². The molecule has 0 radical (unpaired) electrons. The summed E-state index contributed by atoms with van der Waals surface area (Å²) in [7, 11) is 2.86. The fourth-order valence-corrected chi connectivity index (χ4v) is 2.36. The Kier molecular flexibility index (Phi) is 7.40. The highest BCUT2D eigenvalue weighted by atomic mass is 16.7. The minimum absolute atomic E-state index is 0.434. The molecule has 0 aromatic carbocycles. The topological polar surface area (TPSA) is 109 Å². The summed E-state index contributed by atoms with van der Waals surface area (Å²) in [5.74, 6) is -1.64. The van der Waals surface area contributed by atoms with Gasteiger partial charge in [-0.25, -0.2) is 0 Å². The summed E-state index contributed by atoms with van der Waals surface area (Å²) in [6, 6.07) is -0.682. The molecule has 1 saturated heterocycles. The molecular formula is C14H23NO8. The van der Waals surface area contributed by atoms with Crippen LogP contribution in [0.5, 0.6) is 0 Å². The lowest BCUT2D eigenvalue weighted by atomic mass is 9.96. The summed E-state index contributed by atoms with van der Waals surface area (Å²) < 4.78 is 26.0. The van der Waals surface area contributed by atoms with Crippen molar-refractivity contribution in [3.8, 4) is 0 Å². The van der Waals surface area contributed by atoms with Crippen LogP contribution < -0.4 is 5.32 Å². The van der Waals surface area contributed by atoms with Crippen LogP contribution in [0.15, 0.2) is 0 Å². The predicted octanol–water partition coefficient (Wildman–Crippen LogP) is -0.628. The summed E-state index contributed by atoms with van der Waals surface area (Å²) in [4.78, 5) is 34.0. The summed E-state index contributed by atoms with van der Waals surface area (Å²) >= 11 is 0. The number of ether oxygens (including phenoxy) is 5. The zero-order valence-electron chi connectivity index (χ0n) is 13.9. The van der Waals surface area contributed by atoms with Gasteiger partial charge in [-0.1, -0.05) is 0 Å². The molecule has 9 heteroatoms. The second kappa shape index (κ2) is 8.80. The molecule has 1 heterocycles. The molecule has 0 bridgehead atoms. The van der Waals surface area contributed by atoms with E-state index < -0.39 is 55.1 Å². The van der Waals surface area contributed by atoms with Gasteiger partial charge in [0.2, 0.25) is 0 Å². The van der Waals surface area contributed by atoms with Gasteiger partial charge in [-0.2, -0.15) is 0 Å². The van der Waals surface area contributed by atoms with E-state index in [1.807, 2.05) is 0 Å². The molecule has 1 aliphatic rings. The first-order valence-electron chi connectivity index (χ1n) is 7.11. The highest BCUT2D eigenvalue weighted by Crippen LogP contribution is 2.26. The Morgan fingerprint density at radius 2 is 1.70 bits per heavy atom. The SMILES string of the molecule is CO[C@H]1O[C@H](C)[C@@H](NC(=O)COC(C)=O)[C@H](OC(C)=O)[C@@H]1OC. The van der Waals surface area contributed by atoms with Gasteiger partial charge < -0.3 is 29.0 Å². The largest absolute Gasteiger partial charge is 0.457 e. The third kappa shape index (κ3) is 5.45. The molecule has 1 aliphatic heterocycles. The van der Waals surface area contributed by atoms with Crippen molar-refractivity contribution in [2.75, 3.05) is 20.8 Å². The van der Waals surface area contributed by atoms with E-state index in [0.29, 0.717) is 0 Å². The van der Waals surface area contributed by atoms with E-state index >= 15 is 0 Å². The lowest BCUT2D eigenvalue weighted by Crippen LogP contribution is -2.65. The first-order valence-corrected chi connectivity index (χ1v) is 7.11. The number of hydrogen-bond acceptors (Lipinski definition) is 8. The van der Waals surface area contributed by atoms with Crippen LogP contribution in [0.3, 0.4) is 0 Å². The summed E-state index contributed by atoms with van der Waals surface area (Å²) in [5.41, 5.74) is 0. The van der Waals surface area contributed by atoms with Crippen LogP contribution in [-0.2, 0) is 38.1 Å². The number of carbonyl (C=O) groups is 3. The summed E-state index contributed by atoms with van der Waals surface area (Å²) in [5, 5.41) is 2.63. The third-order valence-electron chi connectivity index (χ3n) is 3.34. The van der Waals surface area contributed by atoms with Crippen LogP contribution in [0, 0.1) is 0 Å². The van der Waals surface area contributed by atoms with Crippen molar-refractivity contribution < 1.29 is 38.1 Å². The van der Waals surface area contributed by atoms with E-state index in [1.165, 1.54) is 28.1 Å². The van der Waals surface area contributed by atoms with Gasteiger partial charge >= 0.3 is 11.9 Å². The number of hydrogen-bond donors (Lipinski definition) is 1. The Morgan fingerprint density at radius 1 is 1.04 bits per heavy atom. The van der Waals surface area contributed by atoms with Crippen LogP contribution in [0.1, 0.15) is 20.8 Å². The van der Waals surface area contributed by atoms with Gasteiger partial charge in [-0.05, 0) is 6.92 Å². The standard InChI is InChI=1S/C14H23NO8/c1-7-11(15-10(18)6-21-8(2)16)12(23-9(3)17)13(19-4)14(20-5)22-7/h7,11-14H,6H2,1-5H3,(H,15,18)/t7-,11-,12+,13+,14+/m1/s1. The fraction of sp³-hybridized carbons (Fsp3) is 0.786. The smallest absolute Gasteiger partial charge is 0.303 e. The Balaban J connectivity index is 2.88. The van der Waals surface area contributed by atoms with E-state index in [-0.39, 0.29) is 0 Å². The first kappa shape index (κ1) is 19.3. The third-order valence-corrected chi connectivity index (χ3v) is 3.34. The van der Waals surface area contributed by atoms with Crippen LogP contribution >= 0.6 is 0 Å². The minimum atomic E-state index is -0.813. The molecule has 0 aliphatic carbocycles. The molecule has 0 saturated carbocycles. The van der Waals surface area contributed by atoms with Gasteiger partial charge in [0, 0.05) is 28.1 Å². The van der Waals surface area contributed by atoms with E-state index in [9.17, 15) is 14.4 Å². The Bertz CT molecular complexity index is 440. The van der Waals surface area contributed by atoms with Gasteiger partial charge in [-0.15, -0.1) is 0 Å². The van der Waals surface area contributed by atoms with Crippen molar-refractivity contribution in [3.63, 3.8) is 0 Å². The molecule has 132 valence electrons. The van der Waals surface area contributed by atoms with E-state index in [4.69, 9.17) is 18.9 Å². The second-order valence-electron chi connectivity index (χ2n) is 5.09. The average molecular weight is 333 g/mol. The monoisotopic (exact) mass is 333 g/mol. The van der Waals surface area contributed by atoms with Crippen molar-refractivity contribution in [1.82, 2.24) is 5.32 Å². The number of carbonyl (C=O) groups excluding carboxylic acids is 3. The minimum Gasteiger partial charge on any atom is -0.457 e. The highest BCUT2D eigenvalue weighted by Gasteiger charge is 2.47. The number of amides is 1. The number of nitrogens with one attached hydrogen (secondary N) is 1. The molecular weight excluding hydrogens is 310 g/mol. The molecule has 1 fully saturated rings. The van der Waals surface area contributed by atoms with Crippen molar-refractivity contribution in [2.24, 2.45) is 0 Å². The van der Waals surface area contributed by atoms with Crippen molar-refractivity contribution >= 4 is 17.8 Å². The van der Waals surface area contributed by atoms with E-state index in [0.717, 1.165) is 0 Å². The zero-order valence-corrected chi connectivity index (χ0v) is 13.9. The zero-order chi connectivity index (χ0) is 17.6. The summed E-state index contributed by atoms with van der Waals surface area (Å²) in [6.45, 7) is 3.72. The number of methoxy groups -OCH3 is 2. The first-order chi connectivity index (χ1) is 10.8. The van der Waals surface area contributed by atoms with Gasteiger partial charge in [0.05, 0.1) is 12.1 Å². The van der Waals surface area contributed by atoms with E-state index in [1.54, 1.807) is 6.92 Å². The molecule has 0 aromatic rings. The lowest BCUT2D eigenvalue weighted by Gasteiger charge is -2.44. The average Bonchev–Trinajstić information content (AvgIpc) is 2.47. The van der Waals surface area contributed by atoms with Gasteiger partial charge in [0.25, 0.3) is 5.91 Å². The van der Waals surface area contributed by atoms with Crippen molar-refractivity contribution in [3.05, 3.63) is 0 Å². The second-order valence-corrected chi connectivity index (χ2v) is 5.09. The summed E-state index contributed by atoms with van der Waals surface area (Å²) in [6.07, 6.45) is -2.80. The number of rotatable bonds is 6. The highest BCUT2D eigenvalue weighted by molar-refractivity contribution is 5.80. The molecule has 23 heavy (non-hydrogen) atoms. The molecule has 1 amide bonds. The molecule has 9 nitrogen and oxygen atoms in total. The van der Waals surface area contributed by atoms with Gasteiger partial charge in [0.15, 0.2) is 19.0 Å². The van der Waals surface area contributed by atoms with Crippen LogP contribution in [0.25, 0.3) is 0 Å². The Labute approximate surface area is 134 Å². The van der Waals surface area contributed by atoms with Gasteiger partial charge in [0.1, 0.15) is 6.10 Å². The van der Waals surface area contributed by atoms with Crippen LogP contribution in [-0.4, -0.2) is 69.3 Å². The quantitative estimate of drug-likeness (QED) is 0.640. The number of esters is 2. The molecule has 0 spiro atoms. The van der Waals surface area contributed by atoms with Crippen LogP contribution in [0.4, 0.5) is 0 Å². The fourth-order valence-electron chi connectivity index (χ4n) is 2.36. The maximum atomic E-state index is 11.9. The molecule has 0 aromatic heterocycles. The predicted molar refractivity (Wildman–Crippen MR) is 76.3 cm³/mol. The Morgan fingerprint density at radius 3 is 2.17 bits per heavy atom. The van der Waals surface area contributed by atoms with Crippen molar-refractivity contribution in [2.45, 2.75) is 51.4 Å². The molecule has 1 N–H and O–H groups in total. The van der Waals surface area contributed by atoms with E-state index in [2.05, 4.69) is 10.1 Å². The molecule has 5 atom stereocenters. The maximum absolute atomic E-state index is 11.9. The molecule has 1 rings (SSSR count). The van der Waals surface area contributed by atoms with Gasteiger partial charge in [-0.3, -0.25) is 14.4 Å². The maximum Gasteiger partial charge on any atom is 0.303 e. The molecule has 0 unspecified atom stereocenters. The van der Waals surface area contributed by atoms with Crippen LogP contribution in [0.2, 0.25) is 0 Å². The Hall–Kier alpha value is -1.71.